The molecule has 3 aromatic rings. The Morgan fingerprint density at radius 3 is 2.47 bits per heavy atom. The van der Waals surface area contributed by atoms with Crippen LogP contribution in [0.5, 0.6) is 17.2 Å². The summed E-state index contributed by atoms with van der Waals surface area (Å²) in [5.74, 6) is 0.0836. The molecule has 3 rings (SSSR count). The monoisotopic (exact) mass is 515 g/mol. The Morgan fingerprint density at radius 2 is 1.76 bits per heavy atom. The van der Waals surface area contributed by atoms with Gasteiger partial charge in [0.15, 0.2) is 11.5 Å². The fraction of sp³-hybridized carbons (Fsp3) is 0.207. The molecule has 0 atom stereocenters. The highest BCUT2D eigenvalue weighted by Gasteiger charge is 2.13. The first-order valence-electron chi connectivity index (χ1n) is 11.9. The van der Waals surface area contributed by atoms with E-state index in [1.54, 1.807) is 66.7 Å². The van der Waals surface area contributed by atoms with Gasteiger partial charge in [0.25, 0.3) is 0 Å². The first kappa shape index (κ1) is 27.6. The number of rotatable bonds is 12. The van der Waals surface area contributed by atoms with Gasteiger partial charge in [-0.05, 0) is 72.2 Å². The number of anilines is 2. The maximum atomic E-state index is 12.6. The molecule has 9 heteroatoms. The second-order valence-corrected chi connectivity index (χ2v) is 8.14. The summed E-state index contributed by atoms with van der Waals surface area (Å²) >= 11 is 0. The van der Waals surface area contributed by atoms with Crippen LogP contribution in [0.15, 0.2) is 66.7 Å². The normalized spacial score (nSPS) is 10.5. The summed E-state index contributed by atoms with van der Waals surface area (Å²) in [6.45, 7) is 0.593. The number of carbonyl (C=O) groups excluding carboxylic acids is 2. The second-order valence-electron chi connectivity index (χ2n) is 8.14. The largest absolute Gasteiger partial charge is 0.494 e. The first-order valence-corrected chi connectivity index (χ1v) is 11.9. The Kier molecular flexibility index (Phi) is 10.1. The lowest BCUT2D eigenvalue weighted by Crippen LogP contribution is -2.09. The van der Waals surface area contributed by atoms with Crippen LogP contribution in [0.4, 0.5) is 11.4 Å². The summed E-state index contributed by atoms with van der Waals surface area (Å²) in [6.07, 6.45) is 4.40. The molecule has 38 heavy (non-hydrogen) atoms. The summed E-state index contributed by atoms with van der Waals surface area (Å²) in [6, 6.07) is 18.7. The molecule has 0 radical (unpaired) electrons. The number of nitrogen functional groups attached to an aromatic ring is 2. The second kappa shape index (κ2) is 13.9. The third-order valence-corrected chi connectivity index (χ3v) is 5.38. The first-order chi connectivity index (χ1) is 18.4. The number of carbonyl (C=O) groups is 2. The van der Waals surface area contributed by atoms with Gasteiger partial charge in [0.1, 0.15) is 5.75 Å². The van der Waals surface area contributed by atoms with Crippen LogP contribution in [0.25, 0.3) is 6.08 Å². The summed E-state index contributed by atoms with van der Waals surface area (Å²) in [5.41, 5.74) is 14.6. The smallest absolute Gasteiger partial charge is 0.343 e. The minimum atomic E-state index is -0.562. The summed E-state index contributed by atoms with van der Waals surface area (Å²) in [5, 5.41) is 8.56. The molecule has 0 spiro atoms. The molecule has 0 fully saturated rings. The minimum Gasteiger partial charge on any atom is -0.494 e. The van der Waals surface area contributed by atoms with E-state index in [9.17, 15) is 9.59 Å². The van der Waals surface area contributed by atoms with Crippen LogP contribution in [0, 0.1) is 11.3 Å². The van der Waals surface area contributed by atoms with Crippen LogP contribution in [-0.4, -0.2) is 32.3 Å². The lowest BCUT2D eigenvalue weighted by atomic mass is 10.1. The molecule has 9 nitrogen and oxygen atoms in total. The van der Waals surface area contributed by atoms with Crippen LogP contribution in [-0.2, 0) is 16.0 Å². The lowest BCUT2D eigenvalue weighted by molar-refractivity contribution is -0.137. The third-order valence-electron chi connectivity index (χ3n) is 5.38. The van der Waals surface area contributed by atoms with E-state index in [-0.39, 0.29) is 12.4 Å². The number of esters is 2. The van der Waals surface area contributed by atoms with Gasteiger partial charge in [-0.3, -0.25) is 0 Å². The van der Waals surface area contributed by atoms with Crippen molar-refractivity contribution in [2.24, 2.45) is 0 Å². The van der Waals surface area contributed by atoms with Crippen LogP contribution in [0.2, 0.25) is 0 Å². The van der Waals surface area contributed by atoms with E-state index in [4.69, 9.17) is 35.7 Å². The molecule has 196 valence electrons. The average Bonchev–Trinajstić information content (AvgIpc) is 2.92. The topological polar surface area (TPSA) is 147 Å². The van der Waals surface area contributed by atoms with Gasteiger partial charge >= 0.3 is 11.9 Å². The fourth-order valence-corrected chi connectivity index (χ4v) is 3.37. The van der Waals surface area contributed by atoms with Gasteiger partial charge < -0.3 is 30.4 Å². The van der Waals surface area contributed by atoms with Crippen molar-refractivity contribution in [2.75, 3.05) is 31.8 Å². The molecule has 0 aromatic heterocycles. The van der Waals surface area contributed by atoms with E-state index in [1.165, 1.54) is 13.2 Å². The number of nitrogens with zero attached hydrogens (tertiary/aromatic N) is 1. The summed E-state index contributed by atoms with van der Waals surface area (Å²) in [4.78, 5) is 24.7. The van der Waals surface area contributed by atoms with E-state index < -0.39 is 11.9 Å². The van der Waals surface area contributed by atoms with E-state index in [2.05, 4.69) is 6.07 Å². The van der Waals surface area contributed by atoms with Crippen LogP contribution < -0.4 is 25.7 Å². The van der Waals surface area contributed by atoms with Gasteiger partial charge in [-0.15, -0.1) is 0 Å². The highest BCUT2D eigenvalue weighted by atomic mass is 16.6. The van der Waals surface area contributed by atoms with Crippen LogP contribution in [0.1, 0.15) is 34.3 Å². The zero-order valence-corrected chi connectivity index (χ0v) is 21.0. The van der Waals surface area contributed by atoms with Crippen molar-refractivity contribution >= 4 is 29.4 Å². The number of benzene rings is 3. The number of methoxy groups -OCH3 is 1. The Bertz CT molecular complexity index is 1330. The van der Waals surface area contributed by atoms with Gasteiger partial charge in [-0.25, -0.2) is 9.59 Å². The summed E-state index contributed by atoms with van der Waals surface area (Å²) < 4.78 is 21.6. The van der Waals surface area contributed by atoms with E-state index in [0.29, 0.717) is 59.9 Å². The van der Waals surface area contributed by atoms with Crippen molar-refractivity contribution < 1.29 is 28.5 Å². The highest BCUT2D eigenvalue weighted by Crippen LogP contribution is 2.29. The van der Waals surface area contributed by atoms with Crippen LogP contribution in [0.3, 0.4) is 0 Å². The highest BCUT2D eigenvalue weighted by molar-refractivity contribution is 5.91. The molecule has 0 aliphatic heterocycles. The predicted octanol–water partition coefficient (Wildman–Crippen LogP) is 4.56. The SMILES string of the molecule is COc1cc(C=CC(=O)OCCc2ccc(N)cc2N)ccc1OC(=O)c1ccc(OCCCC#N)cc1. The molecule has 0 amide bonds. The van der Waals surface area contributed by atoms with Crippen molar-refractivity contribution in [3.8, 4) is 23.3 Å². The predicted molar refractivity (Wildman–Crippen MR) is 144 cm³/mol. The zero-order chi connectivity index (χ0) is 27.3. The maximum Gasteiger partial charge on any atom is 0.343 e. The number of nitrogens with two attached hydrogens (primary N) is 2. The van der Waals surface area contributed by atoms with Gasteiger partial charge in [-0.1, -0.05) is 12.1 Å². The van der Waals surface area contributed by atoms with Gasteiger partial charge in [-0.2, -0.15) is 5.26 Å². The molecule has 4 N–H and O–H groups in total. The summed E-state index contributed by atoms with van der Waals surface area (Å²) in [7, 11) is 1.45. The molecule has 3 aromatic carbocycles. The van der Waals surface area contributed by atoms with Gasteiger partial charge in [0.2, 0.25) is 0 Å². The quantitative estimate of drug-likeness (QED) is 0.116. The number of ether oxygens (including phenoxy) is 4. The number of hydrogen-bond acceptors (Lipinski definition) is 9. The molecule has 0 saturated heterocycles. The Balaban J connectivity index is 1.53. The van der Waals surface area contributed by atoms with Crippen molar-refractivity contribution in [1.82, 2.24) is 0 Å². The molecular formula is C29H29N3O6. The molecular weight excluding hydrogens is 486 g/mol. The average molecular weight is 516 g/mol. The fourth-order valence-electron chi connectivity index (χ4n) is 3.37. The van der Waals surface area contributed by atoms with E-state index in [0.717, 1.165) is 5.56 Å². The molecule has 0 unspecified atom stereocenters. The Hall–Kier alpha value is -4.97. The maximum absolute atomic E-state index is 12.6. The van der Waals surface area contributed by atoms with E-state index in [1.807, 2.05) is 0 Å². The molecule has 0 aliphatic rings. The molecule has 0 heterocycles. The van der Waals surface area contributed by atoms with Crippen LogP contribution >= 0.6 is 0 Å². The van der Waals surface area contributed by atoms with Crippen molar-refractivity contribution in [1.29, 1.82) is 5.26 Å². The Morgan fingerprint density at radius 1 is 0.974 bits per heavy atom. The number of nitriles is 1. The molecule has 0 bridgehead atoms. The molecule has 0 saturated carbocycles. The zero-order valence-electron chi connectivity index (χ0n) is 21.0. The molecule has 0 aliphatic carbocycles. The van der Waals surface area contributed by atoms with Crippen molar-refractivity contribution in [3.05, 3.63) is 83.4 Å². The number of unbranched alkanes of at least 4 members (excludes halogenated alkanes) is 1. The standard InChI is InChI=1S/C29H29N3O6/c1-35-27-18-20(5-13-28(33)37-17-14-21-6-9-23(31)19-25(21)32)4-12-26(27)38-29(34)22-7-10-24(11-8-22)36-16-3-2-15-30/h4-13,18-19H,2-3,14,16-17,31-32H2,1H3. The Labute approximate surface area is 221 Å². The minimum absolute atomic E-state index is 0.170. The van der Waals surface area contributed by atoms with Gasteiger partial charge in [0.05, 0.1) is 32.0 Å². The third kappa shape index (κ3) is 8.31. The van der Waals surface area contributed by atoms with Crippen molar-refractivity contribution in [3.63, 3.8) is 0 Å². The van der Waals surface area contributed by atoms with Crippen molar-refractivity contribution in [2.45, 2.75) is 19.3 Å². The van der Waals surface area contributed by atoms with E-state index >= 15 is 0 Å². The number of hydrogen-bond donors (Lipinski definition) is 2. The van der Waals surface area contributed by atoms with Gasteiger partial charge in [0, 0.05) is 30.3 Å². The lowest BCUT2D eigenvalue weighted by Gasteiger charge is -2.10.